The summed E-state index contributed by atoms with van der Waals surface area (Å²) < 4.78 is 6.11. The second kappa shape index (κ2) is 11.1. The monoisotopic (exact) mass is 571 g/mol. The minimum Gasteiger partial charge on any atom is -0.456 e. The van der Waals surface area contributed by atoms with E-state index < -0.39 is 0 Å². The van der Waals surface area contributed by atoms with Gasteiger partial charge in [-0.15, -0.1) is 0 Å². The Kier molecular flexibility index (Phi) is 6.68. The summed E-state index contributed by atoms with van der Waals surface area (Å²) in [5, 5.41) is 1.23. The van der Waals surface area contributed by atoms with Crippen LogP contribution in [0.25, 0.3) is 39.3 Å². The number of nitrogens with zero attached hydrogens (tertiary/aromatic N) is 2. The molecule has 3 aliphatic carbocycles. The molecule has 3 aliphatic rings. The van der Waals surface area contributed by atoms with Crippen molar-refractivity contribution in [2.45, 2.75) is 25.7 Å². The van der Waals surface area contributed by atoms with Gasteiger partial charge in [0.25, 0.3) is 0 Å². The molecule has 2 N–H and O–H groups in total. The Bertz CT molecular complexity index is 2060. The molecule has 4 heteroatoms. The third-order valence-electron chi connectivity index (χ3n) is 8.97. The fourth-order valence-electron chi connectivity index (χ4n) is 6.64. The fourth-order valence-corrected chi connectivity index (χ4v) is 6.64. The number of fused-ring (bicyclic) bond motifs is 6. The molecule has 1 heterocycles. The molecule has 0 amide bonds. The SMILES string of the molecule is NC(=NC(=NCC1C=CC=CC1)c1ccc2c(c1)Cc1cc(-c3ccc4oc5c(c4c3)CCC=C5)ccc1-2)c1ccccc1. The first-order valence-electron chi connectivity index (χ1n) is 15.5. The van der Waals surface area contributed by atoms with E-state index in [0.717, 1.165) is 48.2 Å². The van der Waals surface area contributed by atoms with Crippen molar-refractivity contribution < 1.29 is 4.42 Å². The highest BCUT2D eigenvalue weighted by atomic mass is 16.3. The van der Waals surface area contributed by atoms with Crippen molar-refractivity contribution in [1.29, 1.82) is 0 Å². The van der Waals surface area contributed by atoms with Crippen LogP contribution in [-0.4, -0.2) is 18.2 Å². The van der Waals surface area contributed by atoms with Crippen LogP contribution in [0.4, 0.5) is 0 Å². The number of allylic oxidation sites excluding steroid dienone is 4. The van der Waals surface area contributed by atoms with Crippen molar-refractivity contribution in [1.82, 2.24) is 0 Å². The highest BCUT2D eigenvalue weighted by Gasteiger charge is 2.21. The van der Waals surface area contributed by atoms with Gasteiger partial charge in [0.1, 0.15) is 17.2 Å². The molecule has 1 aromatic heterocycles. The molecule has 4 nitrogen and oxygen atoms in total. The molecule has 0 radical (unpaired) electrons. The molecular formula is C40H33N3O. The van der Waals surface area contributed by atoms with Crippen LogP contribution in [0.1, 0.15) is 46.4 Å². The summed E-state index contributed by atoms with van der Waals surface area (Å²) in [6.07, 6.45) is 16.9. The van der Waals surface area contributed by atoms with Crippen LogP contribution < -0.4 is 5.73 Å². The summed E-state index contributed by atoms with van der Waals surface area (Å²) in [6, 6.07) is 30.0. The molecule has 0 saturated carbocycles. The number of amidine groups is 2. The van der Waals surface area contributed by atoms with E-state index in [1.807, 2.05) is 30.3 Å². The predicted molar refractivity (Wildman–Crippen MR) is 182 cm³/mol. The quantitative estimate of drug-likeness (QED) is 0.166. The molecule has 1 unspecified atom stereocenters. The maximum atomic E-state index is 6.50. The van der Waals surface area contributed by atoms with E-state index in [4.69, 9.17) is 20.1 Å². The van der Waals surface area contributed by atoms with E-state index in [-0.39, 0.29) is 0 Å². The normalized spacial score (nSPS) is 17.1. The molecule has 44 heavy (non-hydrogen) atoms. The molecule has 8 rings (SSSR count). The summed E-state index contributed by atoms with van der Waals surface area (Å²) in [5.74, 6) is 2.53. The molecule has 4 aromatic carbocycles. The zero-order valence-electron chi connectivity index (χ0n) is 24.5. The maximum absolute atomic E-state index is 6.50. The number of hydrogen-bond donors (Lipinski definition) is 1. The van der Waals surface area contributed by atoms with Crippen molar-refractivity contribution in [3.05, 3.63) is 149 Å². The van der Waals surface area contributed by atoms with Crippen LogP contribution in [0, 0.1) is 5.92 Å². The van der Waals surface area contributed by atoms with Crippen LogP contribution in [0.5, 0.6) is 0 Å². The van der Waals surface area contributed by atoms with E-state index in [2.05, 4.69) is 91.1 Å². The van der Waals surface area contributed by atoms with Crippen molar-refractivity contribution in [3.8, 4) is 22.3 Å². The van der Waals surface area contributed by atoms with Gasteiger partial charge >= 0.3 is 0 Å². The summed E-state index contributed by atoms with van der Waals surface area (Å²) >= 11 is 0. The Labute approximate surface area is 257 Å². The van der Waals surface area contributed by atoms with Crippen LogP contribution in [0.2, 0.25) is 0 Å². The van der Waals surface area contributed by atoms with Crippen LogP contribution in [0.15, 0.2) is 130 Å². The summed E-state index contributed by atoms with van der Waals surface area (Å²) in [7, 11) is 0. The zero-order chi connectivity index (χ0) is 29.5. The highest BCUT2D eigenvalue weighted by Crippen LogP contribution is 2.40. The third-order valence-corrected chi connectivity index (χ3v) is 8.97. The van der Waals surface area contributed by atoms with E-state index in [1.165, 1.54) is 44.3 Å². The fraction of sp³-hybridized carbons (Fsp3) is 0.150. The molecule has 0 fully saturated rings. The second-order valence-electron chi connectivity index (χ2n) is 11.9. The van der Waals surface area contributed by atoms with Gasteiger partial charge in [-0.2, -0.15) is 0 Å². The average Bonchev–Trinajstić information content (AvgIpc) is 3.64. The number of hydrogen-bond acceptors (Lipinski definition) is 2. The number of furan rings is 1. The van der Waals surface area contributed by atoms with Gasteiger partial charge in [0.05, 0.1) is 0 Å². The van der Waals surface area contributed by atoms with Crippen molar-refractivity contribution in [2.75, 3.05) is 6.54 Å². The molecular weight excluding hydrogens is 538 g/mol. The Morgan fingerprint density at radius 2 is 1.64 bits per heavy atom. The minimum atomic E-state index is 0.364. The molecule has 0 saturated heterocycles. The van der Waals surface area contributed by atoms with E-state index in [9.17, 15) is 0 Å². The van der Waals surface area contributed by atoms with Gasteiger partial charge in [0, 0.05) is 34.5 Å². The molecule has 214 valence electrons. The van der Waals surface area contributed by atoms with Gasteiger partial charge in [-0.05, 0) is 83.3 Å². The van der Waals surface area contributed by atoms with E-state index in [1.54, 1.807) is 0 Å². The average molecular weight is 572 g/mol. The van der Waals surface area contributed by atoms with Gasteiger partial charge in [-0.1, -0.05) is 97.1 Å². The third kappa shape index (κ3) is 4.92. The number of rotatable bonds is 5. The van der Waals surface area contributed by atoms with Gasteiger partial charge < -0.3 is 10.2 Å². The number of aliphatic imine (C=N–C) groups is 2. The Balaban J connectivity index is 1.11. The zero-order valence-corrected chi connectivity index (χ0v) is 24.5. The molecule has 5 aromatic rings. The lowest BCUT2D eigenvalue weighted by molar-refractivity contribution is 0.595. The van der Waals surface area contributed by atoms with E-state index >= 15 is 0 Å². The van der Waals surface area contributed by atoms with Crippen molar-refractivity contribution in [3.63, 3.8) is 0 Å². The maximum Gasteiger partial charge on any atom is 0.157 e. The Morgan fingerprint density at radius 3 is 2.50 bits per heavy atom. The van der Waals surface area contributed by atoms with Gasteiger partial charge in [0.15, 0.2) is 5.84 Å². The Morgan fingerprint density at radius 1 is 0.818 bits per heavy atom. The lowest BCUT2D eigenvalue weighted by Crippen LogP contribution is -2.17. The first-order chi connectivity index (χ1) is 21.7. The van der Waals surface area contributed by atoms with Gasteiger partial charge in [-0.3, -0.25) is 4.99 Å². The minimum absolute atomic E-state index is 0.364. The van der Waals surface area contributed by atoms with Crippen LogP contribution in [-0.2, 0) is 12.8 Å². The molecule has 0 spiro atoms. The van der Waals surface area contributed by atoms with Crippen molar-refractivity contribution in [2.24, 2.45) is 21.6 Å². The molecule has 1 atom stereocenters. The largest absolute Gasteiger partial charge is 0.456 e. The summed E-state index contributed by atoms with van der Waals surface area (Å²) in [4.78, 5) is 9.89. The lowest BCUT2D eigenvalue weighted by atomic mass is 9.96. The molecule has 0 bridgehead atoms. The first kappa shape index (κ1) is 26.4. The summed E-state index contributed by atoms with van der Waals surface area (Å²) in [6.45, 7) is 0.670. The number of aryl methyl sites for hydroxylation is 1. The smallest absolute Gasteiger partial charge is 0.157 e. The number of benzene rings is 4. The molecule has 0 aliphatic heterocycles. The lowest BCUT2D eigenvalue weighted by Gasteiger charge is -2.12. The van der Waals surface area contributed by atoms with Crippen LogP contribution >= 0.6 is 0 Å². The Hall–Kier alpha value is -5.22. The van der Waals surface area contributed by atoms with E-state index in [0.29, 0.717) is 24.1 Å². The van der Waals surface area contributed by atoms with Gasteiger partial charge in [-0.25, -0.2) is 4.99 Å². The highest BCUT2D eigenvalue weighted by molar-refractivity contribution is 6.11. The predicted octanol–water partition coefficient (Wildman–Crippen LogP) is 8.91. The summed E-state index contributed by atoms with van der Waals surface area (Å²) in [5.41, 5.74) is 18.4. The van der Waals surface area contributed by atoms with Gasteiger partial charge in [0.2, 0.25) is 0 Å². The van der Waals surface area contributed by atoms with Crippen LogP contribution in [0.3, 0.4) is 0 Å². The number of nitrogens with two attached hydrogens (primary N) is 1. The van der Waals surface area contributed by atoms with Crippen molar-refractivity contribution >= 4 is 28.7 Å². The standard InChI is InChI=1S/C40H33N3O/c41-39(27-11-5-2-6-12-27)43-40(42-25-26-9-3-1-4-10-26)30-16-19-34-32(22-30)23-31-21-28(15-18-33(31)34)29-17-20-38-36(24-29)35-13-7-8-14-37(35)44-38/h1-6,8-9,11-12,14-22,24,26H,7,10,13,23,25H2,(H2,41,42,43). The first-order valence-corrected chi connectivity index (χ1v) is 15.5. The second-order valence-corrected chi connectivity index (χ2v) is 11.9. The topological polar surface area (TPSA) is 63.9 Å².